The van der Waals surface area contributed by atoms with E-state index in [1.54, 1.807) is 0 Å². The standard InChI is InChI=1S/C15H21N5O/c1-9-3-2-4-10-11-13(21-12(9)10)14(19-15(16)18-11)20-7-5-17-6-8-20/h9,17H,2-8H2,1H3,(H2,16,18,19). The number of nitrogens with two attached hydrogens (primary N) is 1. The van der Waals surface area contributed by atoms with Gasteiger partial charge in [0, 0.05) is 37.7 Å². The molecule has 0 spiro atoms. The van der Waals surface area contributed by atoms with E-state index in [4.69, 9.17) is 10.2 Å². The normalized spacial score (nSPS) is 22.5. The van der Waals surface area contributed by atoms with Crippen LogP contribution in [0.5, 0.6) is 0 Å². The van der Waals surface area contributed by atoms with Crippen LogP contribution in [0.1, 0.15) is 37.0 Å². The molecular formula is C15H21N5O. The Labute approximate surface area is 123 Å². The lowest BCUT2D eigenvalue weighted by molar-refractivity contribution is 0.452. The Balaban J connectivity index is 1.90. The maximum atomic E-state index is 6.20. The smallest absolute Gasteiger partial charge is 0.222 e. The highest BCUT2D eigenvalue weighted by atomic mass is 16.3. The molecule has 3 N–H and O–H groups in total. The van der Waals surface area contributed by atoms with E-state index >= 15 is 0 Å². The van der Waals surface area contributed by atoms with Gasteiger partial charge in [-0.1, -0.05) is 6.92 Å². The van der Waals surface area contributed by atoms with Crippen molar-refractivity contribution in [2.24, 2.45) is 0 Å². The largest absolute Gasteiger partial charge is 0.455 e. The van der Waals surface area contributed by atoms with Crippen LogP contribution in [0.2, 0.25) is 0 Å². The number of aromatic nitrogens is 2. The number of nitrogens with one attached hydrogen (secondary N) is 1. The molecule has 112 valence electrons. The van der Waals surface area contributed by atoms with Gasteiger partial charge >= 0.3 is 0 Å². The summed E-state index contributed by atoms with van der Waals surface area (Å²) in [6.07, 6.45) is 3.40. The average molecular weight is 287 g/mol. The molecule has 2 aliphatic rings. The predicted octanol–water partition coefficient (Wildman–Crippen LogP) is 1.65. The van der Waals surface area contributed by atoms with Crippen LogP contribution < -0.4 is 16.0 Å². The van der Waals surface area contributed by atoms with Gasteiger partial charge in [-0.2, -0.15) is 4.98 Å². The van der Waals surface area contributed by atoms with Crippen LogP contribution in [-0.4, -0.2) is 36.1 Å². The summed E-state index contributed by atoms with van der Waals surface area (Å²) in [6.45, 7) is 5.99. The minimum Gasteiger partial charge on any atom is -0.455 e. The average Bonchev–Trinajstić information content (AvgIpc) is 2.88. The molecule has 0 saturated carbocycles. The van der Waals surface area contributed by atoms with E-state index in [1.807, 2.05) is 0 Å². The van der Waals surface area contributed by atoms with E-state index < -0.39 is 0 Å². The fourth-order valence-corrected chi connectivity index (χ4v) is 3.49. The molecule has 1 aliphatic carbocycles. The number of fused-ring (bicyclic) bond motifs is 3. The van der Waals surface area contributed by atoms with Crippen LogP contribution in [0.15, 0.2) is 4.42 Å². The van der Waals surface area contributed by atoms with Crippen molar-refractivity contribution >= 4 is 22.9 Å². The summed E-state index contributed by atoms with van der Waals surface area (Å²) in [5.74, 6) is 2.76. The second-order valence-corrected chi connectivity index (χ2v) is 6.06. The van der Waals surface area contributed by atoms with Gasteiger partial charge in [0.15, 0.2) is 11.4 Å². The molecule has 4 rings (SSSR count). The van der Waals surface area contributed by atoms with E-state index in [0.29, 0.717) is 11.9 Å². The maximum absolute atomic E-state index is 6.20. The summed E-state index contributed by atoms with van der Waals surface area (Å²) in [5.41, 5.74) is 8.95. The fraction of sp³-hybridized carbons (Fsp3) is 0.600. The number of nitrogens with zero attached hydrogens (tertiary/aromatic N) is 3. The Bertz CT molecular complexity index is 674. The third-order valence-corrected chi connectivity index (χ3v) is 4.59. The summed E-state index contributed by atoms with van der Waals surface area (Å²) in [4.78, 5) is 11.2. The van der Waals surface area contributed by atoms with Crippen LogP contribution in [0.3, 0.4) is 0 Å². The zero-order valence-electron chi connectivity index (χ0n) is 12.4. The number of nitrogen functional groups attached to an aromatic ring is 1. The van der Waals surface area contributed by atoms with Crippen LogP contribution in [0, 0.1) is 0 Å². The summed E-state index contributed by atoms with van der Waals surface area (Å²) >= 11 is 0. The molecule has 2 aromatic heterocycles. The fourth-order valence-electron chi connectivity index (χ4n) is 3.49. The number of hydrogen-bond donors (Lipinski definition) is 2. The molecule has 0 bridgehead atoms. The van der Waals surface area contributed by atoms with E-state index in [1.165, 1.54) is 18.4 Å². The van der Waals surface area contributed by atoms with E-state index in [0.717, 1.165) is 55.3 Å². The van der Waals surface area contributed by atoms with E-state index in [-0.39, 0.29) is 0 Å². The van der Waals surface area contributed by atoms with Crippen molar-refractivity contribution < 1.29 is 4.42 Å². The highest BCUT2D eigenvalue weighted by Crippen LogP contribution is 2.40. The molecule has 1 unspecified atom stereocenters. The second-order valence-electron chi connectivity index (χ2n) is 6.06. The zero-order valence-corrected chi connectivity index (χ0v) is 12.4. The van der Waals surface area contributed by atoms with Gasteiger partial charge in [-0.05, 0) is 19.3 Å². The Morgan fingerprint density at radius 3 is 2.90 bits per heavy atom. The Kier molecular flexibility index (Phi) is 2.99. The van der Waals surface area contributed by atoms with E-state index in [9.17, 15) is 0 Å². The van der Waals surface area contributed by atoms with Crippen LogP contribution in [0.25, 0.3) is 11.1 Å². The van der Waals surface area contributed by atoms with Crippen molar-refractivity contribution in [3.63, 3.8) is 0 Å². The van der Waals surface area contributed by atoms with Gasteiger partial charge in [-0.25, -0.2) is 4.98 Å². The minimum absolute atomic E-state index is 0.345. The summed E-state index contributed by atoms with van der Waals surface area (Å²) < 4.78 is 6.20. The van der Waals surface area contributed by atoms with E-state index in [2.05, 4.69) is 27.1 Å². The summed E-state index contributed by atoms with van der Waals surface area (Å²) in [6, 6.07) is 0. The lowest BCUT2D eigenvalue weighted by Gasteiger charge is -2.28. The van der Waals surface area contributed by atoms with Crippen molar-refractivity contribution in [1.29, 1.82) is 0 Å². The van der Waals surface area contributed by atoms with Gasteiger partial charge in [-0.15, -0.1) is 0 Å². The summed E-state index contributed by atoms with van der Waals surface area (Å²) in [5, 5.41) is 3.36. The molecule has 1 aliphatic heterocycles. The lowest BCUT2D eigenvalue weighted by atomic mass is 9.89. The number of piperazine rings is 1. The molecule has 21 heavy (non-hydrogen) atoms. The molecule has 1 fully saturated rings. The van der Waals surface area contributed by atoms with Gasteiger partial charge in [0.05, 0.1) is 0 Å². The first-order valence-electron chi connectivity index (χ1n) is 7.78. The van der Waals surface area contributed by atoms with Crippen LogP contribution in [0.4, 0.5) is 11.8 Å². The van der Waals surface area contributed by atoms with Crippen molar-refractivity contribution in [3.8, 4) is 0 Å². The third kappa shape index (κ3) is 2.05. The molecule has 3 heterocycles. The maximum Gasteiger partial charge on any atom is 0.222 e. The SMILES string of the molecule is CC1CCCc2c1oc1c(N3CCNCC3)nc(N)nc21. The van der Waals surface area contributed by atoms with Gasteiger partial charge in [0.2, 0.25) is 5.95 Å². The van der Waals surface area contributed by atoms with Crippen molar-refractivity contribution in [2.45, 2.75) is 32.1 Å². The Morgan fingerprint density at radius 1 is 1.29 bits per heavy atom. The first-order valence-corrected chi connectivity index (χ1v) is 7.78. The second kappa shape index (κ2) is 4.87. The topological polar surface area (TPSA) is 80.2 Å². The molecule has 1 atom stereocenters. The number of hydrogen-bond acceptors (Lipinski definition) is 6. The first kappa shape index (κ1) is 12.9. The molecular weight excluding hydrogens is 266 g/mol. The number of furan rings is 1. The molecule has 6 nitrogen and oxygen atoms in total. The molecule has 0 aromatic carbocycles. The van der Waals surface area contributed by atoms with Crippen molar-refractivity contribution in [1.82, 2.24) is 15.3 Å². The molecule has 2 aromatic rings. The minimum atomic E-state index is 0.345. The van der Waals surface area contributed by atoms with Gasteiger partial charge < -0.3 is 20.4 Å². The summed E-state index contributed by atoms with van der Waals surface area (Å²) in [7, 11) is 0. The van der Waals surface area contributed by atoms with Gasteiger partial charge in [0.1, 0.15) is 11.3 Å². The van der Waals surface area contributed by atoms with Crippen molar-refractivity contribution in [2.75, 3.05) is 36.8 Å². The number of aryl methyl sites for hydroxylation is 1. The zero-order chi connectivity index (χ0) is 14.4. The molecule has 0 amide bonds. The predicted molar refractivity (Wildman–Crippen MR) is 82.7 cm³/mol. The Morgan fingerprint density at radius 2 is 2.10 bits per heavy atom. The third-order valence-electron chi connectivity index (χ3n) is 4.59. The van der Waals surface area contributed by atoms with Crippen LogP contribution in [-0.2, 0) is 6.42 Å². The van der Waals surface area contributed by atoms with Gasteiger partial charge in [0.25, 0.3) is 0 Å². The lowest BCUT2D eigenvalue weighted by Crippen LogP contribution is -2.44. The first-order chi connectivity index (χ1) is 10.2. The van der Waals surface area contributed by atoms with Crippen LogP contribution >= 0.6 is 0 Å². The Hall–Kier alpha value is -1.82. The number of rotatable bonds is 1. The van der Waals surface area contributed by atoms with Gasteiger partial charge in [-0.3, -0.25) is 0 Å². The quantitative estimate of drug-likeness (QED) is 0.830. The molecule has 6 heteroatoms. The van der Waals surface area contributed by atoms with Crippen molar-refractivity contribution in [3.05, 3.63) is 11.3 Å². The monoisotopic (exact) mass is 287 g/mol. The molecule has 0 radical (unpaired) electrons. The number of anilines is 2. The molecule has 1 saturated heterocycles. The highest BCUT2D eigenvalue weighted by Gasteiger charge is 2.28. The highest BCUT2D eigenvalue weighted by molar-refractivity contribution is 5.89.